The molecule has 4 rings (SSSR count). The minimum absolute atomic E-state index is 0.165. The SMILES string of the molecule is COc1ccc([C@@H]2CC(=O)N(c3ccc(F)cc3)c3c2sc(=O)n3C)cc1OC. The lowest BCUT2D eigenvalue weighted by molar-refractivity contribution is -0.118. The summed E-state index contributed by atoms with van der Waals surface area (Å²) in [5.41, 5.74) is 1.38. The predicted molar refractivity (Wildman–Crippen MR) is 109 cm³/mol. The summed E-state index contributed by atoms with van der Waals surface area (Å²) < 4.78 is 25.5. The van der Waals surface area contributed by atoms with E-state index in [-0.39, 0.29) is 28.9 Å². The second-order valence-corrected chi connectivity index (χ2v) is 7.68. The van der Waals surface area contributed by atoms with Crippen LogP contribution in [0.3, 0.4) is 0 Å². The van der Waals surface area contributed by atoms with E-state index in [0.29, 0.717) is 23.0 Å². The first-order chi connectivity index (χ1) is 13.9. The van der Waals surface area contributed by atoms with E-state index < -0.39 is 0 Å². The number of carbonyl (C=O) groups is 1. The Labute approximate surface area is 170 Å². The number of anilines is 2. The van der Waals surface area contributed by atoms with Crippen molar-refractivity contribution in [3.8, 4) is 11.5 Å². The summed E-state index contributed by atoms with van der Waals surface area (Å²) >= 11 is 1.11. The van der Waals surface area contributed by atoms with E-state index in [1.54, 1.807) is 27.3 Å². The molecular formula is C21H19FN2O4S. The molecule has 3 aromatic rings. The van der Waals surface area contributed by atoms with Gasteiger partial charge >= 0.3 is 4.87 Å². The number of rotatable bonds is 4. The van der Waals surface area contributed by atoms with E-state index in [9.17, 15) is 14.0 Å². The number of ether oxygens (including phenoxy) is 2. The fourth-order valence-corrected chi connectivity index (χ4v) is 4.71. The highest BCUT2D eigenvalue weighted by atomic mass is 32.1. The Morgan fingerprint density at radius 2 is 1.72 bits per heavy atom. The number of nitrogens with zero attached hydrogens (tertiary/aromatic N) is 2. The highest BCUT2D eigenvalue weighted by Crippen LogP contribution is 2.45. The Kier molecular flexibility index (Phi) is 4.87. The molecule has 8 heteroatoms. The zero-order valence-electron chi connectivity index (χ0n) is 16.1. The molecule has 0 unspecified atom stereocenters. The summed E-state index contributed by atoms with van der Waals surface area (Å²) in [5.74, 6) is 0.824. The molecule has 0 saturated heterocycles. The van der Waals surface area contributed by atoms with Crippen molar-refractivity contribution in [1.82, 2.24) is 4.57 Å². The normalized spacial score (nSPS) is 15.9. The van der Waals surface area contributed by atoms with Gasteiger partial charge in [0.05, 0.1) is 24.8 Å². The van der Waals surface area contributed by atoms with Crippen LogP contribution in [0.15, 0.2) is 47.3 Å². The number of amides is 1. The van der Waals surface area contributed by atoms with E-state index in [1.165, 1.54) is 33.7 Å². The maximum atomic E-state index is 13.4. The fraction of sp³-hybridized carbons (Fsp3) is 0.238. The smallest absolute Gasteiger partial charge is 0.308 e. The minimum atomic E-state index is -0.388. The number of carbonyl (C=O) groups excluding carboxylic acids is 1. The van der Waals surface area contributed by atoms with Crippen LogP contribution in [0.5, 0.6) is 11.5 Å². The van der Waals surface area contributed by atoms with Crippen molar-refractivity contribution in [2.45, 2.75) is 12.3 Å². The van der Waals surface area contributed by atoms with Crippen molar-refractivity contribution in [3.63, 3.8) is 0 Å². The third kappa shape index (κ3) is 3.19. The van der Waals surface area contributed by atoms with E-state index in [4.69, 9.17) is 9.47 Å². The Morgan fingerprint density at radius 1 is 1.03 bits per heavy atom. The minimum Gasteiger partial charge on any atom is -0.493 e. The zero-order valence-corrected chi connectivity index (χ0v) is 17.0. The van der Waals surface area contributed by atoms with Gasteiger partial charge in [-0.2, -0.15) is 0 Å². The molecule has 0 fully saturated rings. The van der Waals surface area contributed by atoms with Crippen LogP contribution in [0.1, 0.15) is 22.8 Å². The quantitative estimate of drug-likeness (QED) is 0.652. The standard InChI is InChI=1S/C21H19FN2O4S/c1-23-20-19(29-21(23)26)15(12-4-9-16(27-2)17(10-12)28-3)11-18(25)24(20)14-7-5-13(22)6-8-14/h4-10,15H,11H2,1-3H3/t15-/m0/s1. The average molecular weight is 414 g/mol. The van der Waals surface area contributed by atoms with Gasteiger partial charge in [-0.05, 0) is 42.0 Å². The molecule has 0 saturated carbocycles. The summed E-state index contributed by atoms with van der Waals surface area (Å²) in [5, 5.41) is 0. The monoisotopic (exact) mass is 414 g/mol. The van der Waals surface area contributed by atoms with Crippen LogP contribution in [-0.2, 0) is 11.8 Å². The molecule has 0 aliphatic carbocycles. The van der Waals surface area contributed by atoms with Gasteiger partial charge in [0.15, 0.2) is 11.5 Å². The van der Waals surface area contributed by atoms with Gasteiger partial charge in [-0.15, -0.1) is 0 Å². The van der Waals surface area contributed by atoms with Gasteiger partial charge in [-0.1, -0.05) is 17.4 Å². The van der Waals surface area contributed by atoms with E-state index in [1.807, 2.05) is 12.1 Å². The third-order valence-electron chi connectivity index (χ3n) is 5.06. The van der Waals surface area contributed by atoms with Gasteiger partial charge in [-0.3, -0.25) is 19.1 Å². The highest BCUT2D eigenvalue weighted by Gasteiger charge is 2.37. The molecule has 0 spiro atoms. The van der Waals surface area contributed by atoms with Gasteiger partial charge in [0.1, 0.15) is 11.6 Å². The average Bonchev–Trinajstić information content (AvgIpc) is 3.02. The first-order valence-electron chi connectivity index (χ1n) is 8.94. The van der Waals surface area contributed by atoms with Crippen molar-refractivity contribution in [2.75, 3.05) is 19.1 Å². The second-order valence-electron chi connectivity index (χ2n) is 6.69. The molecule has 29 heavy (non-hydrogen) atoms. The summed E-state index contributed by atoms with van der Waals surface area (Å²) in [6.45, 7) is 0. The number of thiazole rings is 1. The van der Waals surface area contributed by atoms with Crippen molar-refractivity contribution < 1.29 is 18.7 Å². The molecule has 1 aromatic heterocycles. The molecule has 0 N–H and O–H groups in total. The molecule has 1 aliphatic heterocycles. The molecule has 150 valence electrons. The zero-order chi connectivity index (χ0) is 20.7. The van der Waals surface area contributed by atoms with Crippen LogP contribution in [0.2, 0.25) is 0 Å². The summed E-state index contributed by atoms with van der Waals surface area (Å²) in [4.78, 5) is 27.7. The maximum absolute atomic E-state index is 13.4. The van der Waals surface area contributed by atoms with E-state index >= 15 is 0 Å². The first kappa shape index (κ1) is 19.2. The third-order valence-corrected chi connectivity index (χ3v) is 6.20. The van der Waals surface area contributed by atoms with Gasteiger partial charge in [0, 0.05) is 19.4 Å². The van der Waals surface area contributed by atoms with Crippen LogP contribution in [0, 0.1) is 5.82 Å². The van der Waals surface area contributed by atoms with Crippen LogP contribution in [0.25, 0.3) is 0 Å². The molecule has 2 heterocycles. The Morgan fingerprint density at radius 3 is 2.38 bits per heavy atom. The number of hydrogen-bond acceptors (Lipinski definition) is 5. The number of hydrogen-bond donors (Lipinski definition) is 0. The Balaban J connectivity index is 1.86. The van der Waals surface area contributed by atoms with Crippen molar-refractivity contribution in [3.05, 3.63) is 68.4 Å². The molecule has 1 amide bonds. The molecule has 2 aromatic carbocycles. The topological polar surface area (TPSA) is 60.8 Å². The Bertz CT molecular complexity index is 1140. The summed E-state index contributed by atoms with van der Waals surface area (Å²) in [6, 6.07) is 11.2. The van der Waals surface area contributed by atoms with Crippen molar-refractivity contribution in [2.24, 2.45) is 7.05 Å². The predicted octanol–water partition coefficient (Wildman–Crippen LogP) is 3.80. The van der Waals surface area contributed by atoms with Crippen molar-refractivity contribution in [1.29, 1.82) is 0 Å². The Hall–Kier alpha value is -3.13. The molecular weight excluding hydrogens is 395 g/mol. The summed E-state index contributed by atoms with van der Waals surface area (Å²) in [6.07, 6.45) is 0.180. The van der Waals surface area contributed by atoms with Crippen LogP contribution < -0.4 is 19.2 Å². The first-order valence-corrected chi connectivity index (χ1v) is 9.76. The number of fused-ring (bicyclic) bond motifs is 1. The lowest BCUT2D eigenvalue weighted by Gasteiger charge is -2.32. The number of benzene rings is 2. The van der Waals surface area contributed by atoms with Gasteiger partial charge < -0.3 is 9.47 Å². The molecule has 1 atom stereocenters. The van der Waals surface area contributed by atoms with Crippen LogP contribution in [-0.4, -0.2) is 24.7 Å². The maximum Gasteiger partial charge on any atom is 0.308 e. The van der Waals surface area contributed by atoms with Gasteiger partial charge in [-0.25, -0.2) is 4.39 Å². The number of aromatic nitrogens is 1. The molecule has 0 bridgehead atoms. The van der Waals surface area contributed by atoms with Crippen LogP contribution in [0.4, 0.5) is 15.9 Å². The van der Waals surface area contributed by atoms with Gasteiger partial charge in [0.25, 0.3) is 0 Å². The molecule has 6 nitrogen and oxygen atoms in total. The second kappa shape index (κ2) is 7.36. The summed E-state index contributed by atoms with van der Waals surface area (Å²) in [7, 11) is 4.75. The molecule has 0 radical (unpaired) electrons. The number of halogens is 1. The highest BCUT2D eigenvalue weighted by molar-refractivity contribution is 7.10. The van der Waals surface area contributed by atoms with Gasteiger partial charge in [0.2, 0.25) is 5.91 Å². The lowest BCUT2D eigenvalue weighted by Crippen LogP contribution is -2.34. The lowest BCUT2D eigenvalue weighted by atomic mass is 9.90. The largest absolute Gasteiger partial charge is 0.493 e. The van der Waals surface area contributed by atoms with E-state index in [0.717, 1.165) is 21.8 Å². The van der Waals surface area contributed by atoms with Crippen LogP contribution >= 0.6 is 11.3 Å². The fourth-order valence-electron chi connectivity index (χ4n) is 3.62. The van der Waals surface area contributed by atoms with Crippen molar-refractivity contribution >= 4 is 28.7 Å². The van der Waals surface area contributed by atoms with E-state index in [2.05, 4.69) is 0 Å². The number of methoxy groups -OCH3 is 2. The molecule has 1 aliphatic rings.